The molecule has 0 saturated heterocycles. The number of rotatable bonds is 7. The van der Waals surface area contributed by atoms with Gasteiger partial charge in [0, 0.05) is 32.2 Å². The minimum Gasteiger partial charge on any atom is -0.355 e. The molecule has 0 unspecified atom stereocenters. The Morgan fingerprint density at radius 1 is 1.05 bits per heavy atom. The third-order valence-corrected chi connectivity index (χ3v) is 3.10. The van der Waals surface area contributed by atoms with Crippen LogP contribution in [0.3, 0.4) is 0 Å². The summed E-state index contributed by atoms with van der Waals surface area (Å²) >= 11 is 0. The highest BCUT2D eigenvalue weighted by atomic mass is 16.1. The number of nitrogens with one attached hydrogen (secondary N) is 1. The summed E-state index contributed by atoms with van der Waals surface area (Å²) in [7, 11) is 1.66. The maximum atomic E-state index is 11.5. The molecule has 1 rings (SSSR count). The van der Waals surface area contributed by atoms with Crippen LogP contribution in [0.4, 0.5) is 0 Å². The molecule has 3 nitrogen and oxygen atoms in total. The fraction of sp³-hybridized carbons (Fsp3) is 0.588. The highest BCUT2D eigenvalue weighted by Crippen LogP contribution is 2.11. The Kier molecular flexibility index (Phi) is 6.73. The summed E-state index contributed by atoms with van der Waals surface area (Å²) in [5.74, 6) is 1.30. The monoisotopic (exact) mass is 276 g/mol. The largest absolute Gasteiger partial charge is 0.355 e. The second-order valence-electron chi connectivity index (χ2n) is 6.26. The van der Waals surface area contributed by atoms with E-state index in [0.29, 0.717) is 11.8 Å². The zero-order valence-electron chi connectivity index (χ0n) is 13.4. The van der Waals surface area contributed by atoms with Gasteiger partial charge in [0.05, 0.1) is 0 Å². The first-order valence-electron chi connectivity index (χ1n) is 7.45. The summed E-state index contributed by atoms with van der Waals surface area (Å²) in [5, 5.41) is 2.64. The van der Waals surface area contributed by atoms with Crippen molar-refractivity contribution in [3.05, 3.63) is 35.4 Å². The molecule has 20 heavy (non-hydrogen) atoms. The minimum atomic E-state index is -0.0298. The maximum Gasteiger partial charge on any atom is 0.251 e. The number of hydrogen-bond acceptors (Lipinski definition) is 2. The fourth-order valence-electron chi connectivity index (χ4n) is 2.40. The van der Waals surface area contributed by atoms with Gasteiger partial charge < -0.3 is 5.32 Å². The van der Waals surface area contributed by atoms with Crippen LogP contribution >= 0.6 is 0 Å². The molecule has 0 radical (unpaired) electrons. The Morgan fingerprint density at radius 3 is 1.95 bits per heavy atom. The van der Waals surface area contributed by atoms with E-state index in [1.807, 2.05) is 12.1 Å². The van der Waals surface area contributed by atoms with Gasteiger partial charge in [0.15, 0.2) is 0 Å². The van der Waals surface area contributed by atoms with E-state index in [0.717, 1.165) is 25.2 Å². The van der Waals surface area contributed by atoms with E-state index in [-0.39, 0.29) is 5.91 Å². The number of nitrogens with zero attached hydrogens (tertiary/aromatic N) is 1. The van der Waals surface area contributed by atoms with Crippen LogP contribution in [0.5, 0.6) is 0 Å². The van der Waals surface area contributed by atoms with Crippen molar-refractivity contribution in [1.29, 1.82) is 0 Å². The SMILES string of the molecule is CNC(=O)c1ccc(CN(CC(C)C)CC(C)C)cc1. The topological polar surface area (TPSA) is 32.3 Å². The standard InChI is InChI=1S/C17H28N2O/c1-13(2)10-19(11-14(3)4)12-15-6-8-16(9-7-15)17(20)18-5/h6-9,13-14H,10-12H2,1-5H3,(H,18,20). The van der Waals surface area contributed by atoms with Crippen molar-refractivity contribution in [1.82, 2.24) is 10.2 Å². The number of carbonyl (C=O) groups is 1. The first-order chi connectivity index (χ1) is 9.42. The van der Waals surface area contributed by atoms with Gasteiger partial charge in [0.1, 0.15) is 0 Å². The van der Waals surface area contributed by atoms with E-state index >= 15 is 0 Å². The molecule has 1 aromatic carbocycles. The normalized spacial score (nSPS) is 11.4. The van der Waals surface area contributed by atoms with Crippen molar-refractivity contribution >= 4 is 5.91 Å². The minimum absolute atomic E-state index is 0.0298. The molecule has 0 aliphatic carbocycles. The van der Waals surface area contributed by atoms with Gasteiger partial charge in [-0.05, 0) is 29.5 Å². The van der Waals surface area contributed by atoms with Gasteiger partial charge in [0.25, 0.3) is 5.91 Å². The molecule has 0 fully saturated rings. The Balaban J connectivity index is 2.70. The van der Waals surface area contributed by atoms with Gasteiger partial charge in [-0.1, -0.05) is 39.8 Å². The second kappa shape index (κ2) is 8.05. The van der Waals surface area contributed by atoms with Crippen molar-refractivity contribution in [2.24, 2.45) is 11.8 Å². The third kappa shape index (κ3) is 5.74. The molecule has 1 aromatic rings. The molecular formula is C17H28N2O. The van der Waals surface area contributed by atoms with Crippen molar-refractivity contribution in [3.63, 3.8) is 0 Å². The molecule has 0 bridgehead atoms. The van der Waals surface area contributed by atoms with Crippen LogP contribution < -0.4 is 5.32 Å². The molecular weight excluding hydrogens is 248 g/mol. The number of amides is 1. The predicted octanol–water partition coefficient (Wildman–Crippen LogP) is 3.16. The summed E-state index contributed by atoms with van der Waals surface area (Å²) in [6.45, 7) is 12.2. The molecule has 0 saturated carbocycles. The highest BCUT2D eigenvalue weighted by molar-refractivity contribution is 5.93. The number of benzene rings is 1. The first kappa shape index (κ1) is 16.7. The Hall–Kier alpha value is -1.35. The summed E-state index contributed by atoms with van der Waals surface area (Å²) < 4.78 is 0. The molecule has 0 heterocycles. The molecule has 0 atom stereocenters. The fourth-order valence-corrected chi connectivity index (χ4v) is 2.40. The quantitative estimate of drug-likeness (QED) is 0.829. The summed E-state index contributed by atoms with van der Waals surface area (Å²) in [6.07, 6.45) is 0. The number of carbonyl (C=O) groups excluding carboxylic acids is 1. The second-order valence-corrected chi connectivity index (χ2v) is 6.26. The van der Waals surface area contributed by atoms with E-state index in [9.17, 15) is 4.79 Å². The molecule has 0 aromatic heterocycles. The number of hydrogen-bond donors (Lipinski definition) is 1. The van der Waals surface area contributed by atoms with E-state index in [1.165, 1.54) is 5.56 Å². The lowest BCUT2D eigenvalue weighted by molar-refractivity contribution is 0.0963. The molecule has 0 spiro atoms. The third-order valence-electron chi connectivity index (χ3n) is 3.10. The van der Waals surface area contributed by atoms with E-state index in [1.54, 1.807) is 7.05 Å². The maximum absolute atomic E-state index is 11.5. The van der Waals surface area contributed by atoms with Crippen LogP contribution in [0.1, 0.15) is 43.6 Å². The van der Waals surface area contributed by atoms with Crippen LogP contribution in [0, 0.1) is 11.8 Å². The Bertz CT molecular complexity index is 400. The van der Waals surface area contributed by atoms with Crippen molar-refractivity contribution in [2.75, 3.05) is 20.1 Å². The Morgan fingerprint density at radius 2 is 1.55 bits per heavy atom. The molecule has 1 amide bonds. The van der Waals surface area contributed by atoms with E-state index < -0.39 is 0 Å². The van der Waals surface area contributed by atoms with Crippen LogP contribution in [0.15, 0.2) is 24.3 Å². The lowest BCUT2D eigenvalue weighted by atomic mass is 10.1. The smallest absolute Gasteiger partial charge is 0.251 e. The Labute approximate surface area is 123 Å². The van der Waals surface area contributed by atoms with Gasteiger partial charge in [-0.25, -0.2) is 0 Å². The van der Waals surface area contributed by atoms with Crippen LogP contribution in [-0.4, -0.2) is 30.9 Å². The molecule has 0 aliphatic rings. The van der Waals surface area contributed by atoms with Crippen LogP contribution in [0.25, 0.3) is 0 Å². The average molecular weight is 276 g/mol. The first-order valence-corrected chi connectivity index (χ1v) is 7.45. The highest BCUT2D eigenvalue weighted by Gasteiger charge is 2.10. The summed E-state index contributed by atoms with van der Waals surface area (Å²) in [6, 6.07) is 7.91. The van der Waals surface area contributed by atoms with Crippen molar-refractivity contribution in [3.8, 4) is 0 Å². The summed E-state index contributed by atoms with van der Waals surface area (Å²) in [4.78, 5) is 14.0. The van der Waals surface area contributed by atoms with Crippen molar-refractivity contribution < 1.29 is 4.79 Å². The predicted molar refractivity (Wildman–Crippen MR) is 84.8 cm³/mol. The average Bonchev–Trinajstić information content (AvgIpc) is 2.37. The summed E-state index contributed by atoms with van der Waals surface area (Å²) in [5.41, 5.74) is 1.98. The van der Waals surface area contributed by atoms with Gasteiger partial charge in [-0.2, -0.15) is 0 Å². The van der Waals surface area contributed by atoms with Gasteiger partial charge in [-0.15, -0.1) is 0 Å². The van der Waals surface area contributed by atoms with Crippen LogP contribution in [-0.2, 0) is 6.54 Å². The van der Waals surface area contributed by atoms with E-state index in [4.69, 9.17) is 0 Å². The molecule has 0 aliphatic heterocycles. The molecule has 3 heteroatoms. The van der Waals surface area contributed by atoms with E-state index in [2.05, 4.69) is 50.0 Å². The van der Waals surface area contributed by atoms with Gasteiger partial charge >= 0.3 is 0 Å². The van der Waals surface area contributed by atoms with Gasteiger partial charge in [0.2, 0.25) is 0 Å². The lowest BCUT2D eigenvalue weighted by Gasteiger charge is -2.26. The zero-order valence-corrected chi connectivity index (χ0v) is 13.4. The van der Waals surface area contributed by atoms with Gasteiger partial charge in [-0.3, -0.25) is 9.69 Å². The zero-order chi connectivity index (χ0) is 15.1. The van der Waals surface area contributed by atoms with Crippen LogP contribution in [0.2, 0.25) is 0 Å². The molecule has 112 valence electrons. The lowest BCUT2D eigenvalue weighted by Crippen LogP contribution is -2.30. The van der Waals surface area contributed by atoms with Crippen molar-refractivity contribution in [2.45, 2.75) is 34.2 Å². The molecule has 1 N–H and O–H groups in total.